The molecule has 0 spiro atoms. The van der Waals surface area contributed by atoms with E-state index in [-0.39, 0.29) is 11.8 Å². The molecule has 0 saturated carbocycles. The highest BCUT2D eigenvalue weighted by molar-refractivity contribution is 5.94. The second-order valence-corrected chi connectivity index (χ2v) is 7.41. The molecular formula is C18H32N4O7. The summed E-state index contributed by atoms with van der Waals surface area (Å²) in [4.78, 5) is 50.0. The minimum atomic E-state index is -1.59. The second-order valence-electron chi connectivity index (χ2n) is 7.41. The lowest BCUT2D eigenvalue weighted by Gasteiger charge is -2.30. The normalized spacial score (nSPS) is 21.6. The number of likely N-dealkylation sites (tertiary alicyclic amines) is 1. The van der Waals surface area contributed by atoms with Gasteiger partial charge in [-0.25, -0.2) is 4.79 Å². The number of hydrogen-bond acceptors (Lipinski definition) is 7. The Labute approximate surface area is 169 Å². The molecule has 0 bridgehead atoms. The number of carbonyl (C=O) groups excluding carboxylic acids is 3. The van der Waals surface area contributed by atoms with E-state index in [4.69, 9.17) is 10.8 Å². The van der Waals surface area contributed by atoms with Crippen molar-refractivity contribution in [2.75, 3.05) is 13.2 Å². The van der Waals surface area contributed by atoms with Crippen molar-refractivity contribution in [3.8, 4) is 0 Å². The fourth-order valence-electron chi connectivity index (χ4n) is 3.10. The third kappa shape index (κ3) is 6.38. The Hall–Kier alpha value is -2.24. The molecule has 0 aromatic rings. The zero-order valence-electron chi connectivity index (χ0n) is 17.0. The summed E-state index contributed by atoms with van der Waals surface area (Å²) < 4.78 is 0. The van der Waals surface area contributed by atoms with Crippen molar-refractivity contribution >= 4 is 23.7 Å². The lowest BCUT2D eigenvalue weighted by Crippen LogP contribution is -2.59. The highest BCUT2D eigenvalue weighted by Crippen LogP contribution is 2.20. The predicted octanol–water partition coefficient (Wildman–Crippen LogP) is -2.22. The number of rotatable bonds is 10. The van der Waals surface area contributed by atoms with Crippen molar-refractivity contribution in [2.24, 2.45) is 11.7 Å². The average molecular weight is 416 g/mol. The van der Waals surface area contributed by atoms with Crippen LogP contribution in [0, 0.1) is 5.92 Å². The molecule has 0 radical (unpaired) electrons. The van der Waals surface area contributed by atoms with Crippen LogP contribution in [0.25, 0.3) is 0 Å². The molecule has 29 heavy (non-hydrogen) atoms. The highest BCUT2D eigenvalue weighted by atomic mass is 16.4. The highest BCUT2D eigenvalue weighted by Gasteiger charge is 2.38. The van der Waals surface area contributed by atoms with Crippen LogP contribution in [0.1, 0.15) is 40.0 Å². The molecule has 0 aromatic heterocycles. The lowest BCUT2D eigenvalue weighted by molar-refractivity contribution is -0.146. The van der Waals surface area contributed by atoms with E-state index in [0.29, 0.717) is 25.8 Å². The van der Waals surface area contributed by atoms with Gasteiger partial charge in [-0.15, -0.1) is 0 Å². The molecule has 11 nitrogen and oxygen atoms in total. The fraction of sp³-hybridized carbons (Fsp3) is 0.778. The average Bonchev–Trinajstić information content (AvgIpc) is 3.17. The number of hydrogen-bond donors (Lipinski definition) is 6. The molecular weight excluding hydrogens is 384 g/mol. The molecule has 6 unspecified atom stereocenters. The Bertz CT molecular complexity index is 613. The number of carboxylic acid groups (broad SMARTS) is 1. The van der Waals surface area contributed by atoms with Crippen molar-refractivity contribution < 1.29 is 34.5 Å². The van der Waals surface area contributed by atoms with Gasteiger partial charge in [0.1, 0.15) is 12.1 Å². The number of nitrogens with two attached hydrogens (primary N) is 1. The van der Waals surface area contributed by atoms with Crippen molar-refractivity contribution in [2.45, 2.75) is 70.3 Å². The molecule has 1 aliphatic rings. The first-order chi connectivity index (χ1) is 13.5. The van der Waals surface area contributed by atoms with Crippen LogP contribution in [0.2, 0.25) is 0 Å². The number of nitrogens with one attached hydrogen (secondary N) is 2. The first-order valence-corrected chi connectivity index (χ1v) is 9.73. The molecule has 6 atom stereocenters. The molecule has 11 heteroatoms. The number of carbonyl (C=O) groups is 4. The molecule has 1 heterocycles. The summed E-state index contributed by atoms with van der Waals surface area (Å²) in [6.45, 7) is 4.53. The number of aliphatic carboxylic acids is 1. The number of nitrogens with zero attached hydrogens (tertiary/aromatic N) is 1. The smallest absolute Gasteiger partial charge is 0.328 e. The Morgan fingerprint density at radius 3 is 2.31 bits per heavy atom. The van der Waals surface area contributed by atoms with E-state index in [2.05, 4.69) is 10.6 Å². The van der Waals surface area contributed by atoms with Gasteiger partial charge in [0.05, 0.1) is 18.8 Å². The van der Waals surface area contributed by atoms with E-state index in [1.165, 1.54) is 11.8 Å². The maximum atomic E-state index is 12.6. The van der Waals surface area contributed by atoms with Crippen LogP contribution >= 0.6 is 0 Å². The van der Waals surface area contributed by atoms with Gasteiger partial charge in [0.25, 0.3) is 0 Å². The number of aliphatic hydroxyl groups excluding tert-OH is 2. The molecule has 3 amide bonds. The standard InChI is InChI=1S/C18H32N4O7/c1-4-9(2)13(19)17(27)22-7-5-6-12(22)16(26)20-11(8-23)15(25)21-14(10(3)24)18(28)29/h9-14,23-24H,4-8,19H2,1-3H3,(H,20,26)(H,21,25)(H,28,29). The van der Waals surface area contributed by atoms with Crippen LogP contribution < -0.4 is 16.4 Å². The monoisotopic (exact) mass is 416 g/mol. The van der Waals surface area contributed by atoms with Gasteiger partial charge in [0.15, 0.2) is 6.04 Å². The van der Waals surface area contributed by atoms with Crippen LogP contribution in [-0.4, -0.2) is 87.3 Å². The van der Waals surface area contributed by atoms with Crippen LogP contribution in [-0.2, 0) is 19.2 Å². The topological polar surface area (TPSA) is 182 Å². The second kappa shape index (κ2) is 11.1. The summed E-state index contributed by atoms with van der Waals surface area (Å²) in [6, 6.07) is -4.59. The quantitative estimate of drug-likeness (QED) is 0.231. The van der Waals surface area contributed by atoms with Crippen LogP contribution in [0.3, 0.4) is 0 Å². The largest absolute Gasteiger partial charge is 0.480 e. The summed E-state index contributed by atoms with van der Waals surface area (Å²) in [5.41, 5.74) is 5.99. The zero-order chi connectivity index (χ0) is 22.3. The molecule has 1 aliphatic heterocycles. The molecule has 166 valence electrons. The van der Waals surface area contributed by atoms with Gasteiger partial charge in [-0.3, -0.25) is 14.4 Å². The number of amides is 3. The molecule has 7 N–H and O–H groups in total. The van der Waals surface area contributed by atoms with Gasteiger partial charge in [0.2, 0.25) is 17.7 Å². The van der Waals surface area contributed by atoms with E-state index in [1.807, 2.05) is 13.8 Å². The lowest BCUT2D eigenvalue weighted by atomic mass is 9.98. The SMILES string of the molecule is CCC(C)C(N)C(=O)N1CCCC1C(=O)NC(CO)C(=O)NC(C(=O)O)C(C)O. The predicted molar refractivity (Wildman–Crippen MR) is 102 cm³/mol. The molecule has 0 aliphatic carbocycles. The van der Waals surface area contributed by atoms with E-state index < -0.39 is 54.7 Å². The van der Waals surface area contributed by atoms with Gasteiger partial charge in [-0.05, 0) is 25.7 Å². The first kappa shape index (κ1) is 24.8. The van der Waals surface area contributed by atoms with Crippen molar-refractivity contribution in [1.82, 2.24) is 15.5 Å². The number of aliphatic hydroxyl groups is 2. The Morgan fingerprint density at radius 2 is 1.83 bits per heavy atom. The van der Waals surface area contributed by atoms with Gasteiger partial charge in [0, 0.05) is 6.54 Å². The van der Waals surface area contributed by atoms with E-state index in [9.17, 15) is 29.4 Å². The van der Waals surface area contributed by atoms with Crippen molar-refractivity contribution in [1.29, 1.82) is 0 Å². The van der Waals surface area contributed by atoms with Gasteiger partial charge in [-0.2, -0.15) is 0 Å². The Morgan fingerprint density at radius 1 is 1.21 bits per heavy atom. The van der Waals surface area contributed by atoms with Gasteiger partial charge < -0.3 is 36.6 Å². The summed E-state index contributed by atoms with van der Waals surface area (Å²) in [7, 11) is 0. The maximum absolute atomic E-state index is 12.6. The van der Waals surface area contributed by atoms with E-state index >= 15 is 0 Å². The summed E-state index contributed by atoms with van der Waals surface area (Å²) >= 11 is 0. The van der Waals surface area contributed by atoms with Crippen LogP contribution in [0.5, 0.6) is 0 Å². The third-order valence-corrected chi connectivity index (χ3v) is 5.24. The summed E-state index contributed by atoms with van der Waals surface area (Å²) in [5, 5.41) is 32.4. The van der Waals surface area contributed by atoms with Crippen molar-refractivity contribution in [3.05, 3.63) is 0 Å². The summed E-state index contributed by atoms with van der Waals surface area (Å²) in [5.74, 6) is -3.45. The van der Waals surface area contributed by atoms with Gasteiger partial charge in [-0.1, -0.05) is 20.3 Å². The zero-order valence-corrected chi connectivity index (χ0v) is 17.0. The van der Waals surface area contributed by atoms with E-state index in [0.717, 1.165) is 0 Å². The number of carboxylic acids is 1. The molecule has 0 aromatic carbocycles. The molecule has 1 fully saturated rings. The minimum absolute atomic E-state index is 0.0591. The Balaban J connectivity index is 2.81. The van der Waals surface area contributed by atoms with Crippen molar-refractivity contribution in [3.63, 3.8) is 0 Å². The molecule has 1 saturated heterocycles. The van der Waals surface area contributed by atoms with Crippen LogP contribution in [0.4, 0.5) is 0 Å². The minimum Gasteiger partial charge on any atom is -0.480 e. The summed E-state index contributed by atoms with van der Waals surface area (Å²) in [6.07, 6.45) is 0.307. The first-order valence-electron chi connectivity index (χ1n) is 9.73. The third-order valence-electron chi connectivity index (χ3n) is 5.24. The maximum Gasteiger partial charge on any atom is 0.328 e. The van der Waals surface area contributed by atoms with E-state index in [1.54, 1.807) is 0 Å². The van der Waals surface area contributed by atoms with Crippen LogP contribution in [0.15, 0.2) is 0 Å². The fourth-order valence-corrected chi connectivity index (χ4v) is 3.10. The Kier molecular flexibility index (Phi) is 9.47. The van der Waals surface area contributed by atoms with Gasteiger partial charge >= 0.3 is 5.97 Å². The molecule has 1 rings (SSSR count).